The average molecular weight is 239 g/mol. The van der Waals surface area contributed by atoms with Crippen LogP contribution in [0.1, 0.15) is 23.9 Å². The molecule has 6 nitrogen and oxygen atoms in total. The summed E-state index contributed by atoms with van der Waals surface area (Å²) >= 11 is 0. The fourth-order valence-electron chi connectivity index (χ4n) is 1.55. The minimum Gasteiger partial charge on any atom is -0.394 e. The fraction of sp³-hybridized carbons (Fsp3) is 0.545. The fourth-order valence-corrected chi connectivity index (χ4v) is 1.55. The lowest BCUT2D eigenvalue weighted by atomic mass is 10.1. The highest BCUT2D eigenvalue weighted by molar-refractivity contribution is 5.79. The van der Waals surface area contributed by atoms with Crippen molar-refractivity contribution in [3.63, 3.8) is 0 Å². The maximum absolute atomic E-state index is 11.6. The lowest BCUT2D eigenvalue weighted by Gasteiger charge is -2.12. The van der Waals surface area contributed by atoms with Crippen LogP contribution in [0.25, 0.3) is 0 Å². The van der Waals surface area contributed by atoms with Crippen LogP contribution in [0.15, 0.2) is 4.79 Å². The van der Waals surface area contributed by atoms with E-state index in [1.165, 1.54) is 0 Å². The van der Waals surface area contributed by atoms with E-state index in [1.54, 1.807) is 20.8 Å². The SMILES string of the molecule is Cc1nc(=O)[nH]c(C)c1CC(=O)NC(C)CO. The highest BCUT2D eigenvalue weighted by Gasteiger charge is 2.12. The summed E-state index contributed by atoms with van der Waals surface area (Å²) in [5.41, 5.74) is 1.51. The number of aliphatic hydroxyl groups is 1. The van der Waals surface area contributed by atoms with Crippen molar-refractivity contribution >= 4 is 5.91 Å². The van der Waals surface area contributed by atoms with Crippen molar-refractivity contribution < 1.29 is 9.90 Å². The Balaban J connectivity index is 2.82. The van der Waals surface area contributed by atoms with E-state index in [0.29, 0.717) is 17.0 Å². The van der Waals surface area contributed by atoms with Gasteiger partial charge >= 0.3 is 5.69 Å². The minimum absolute atomic E-state index is 0.104. The average Bonchev–Trinajstić information content (AvgIpc) is 2.23. The summed E-state index contributed by atoms with van der Waals surface area (Å²) in [6.07, 6.45) is 0.145. The Labute approximate surface area is 99.1 Å². The van der Waals surface area contributed by atoms with Gasteiger partial charge in [0.05, 0.1) is 13.0 Å². The Hall–Kier alpha value is -1.69. The molecule has 1 aromatic rings. The number of aromatic amines is 1. The van der Waals surface area contributed by atoms with Crippen LogP contribution in [0.2, 0.25) is 0 Å². The van der Waals surface area contributed by atoms with Crippen LogP contribution in [-0.2, 0) is 11.2 Å². The maximum Gasteiger partial charge on any atom is 0.345 e. The van der Waals surface area contributed by atoms with Crippen molar-refractivity contribution in [3.8, 4) is 0 Å². The summed E-state index contributed by atoms with van der Waals surface area (Å²) < 4.78 is 0. The number of aryl methyl sites for hydroxylation is 2. The van der Waals surface area contributed by atoms with Crippen molar-refractivity contribution in [1.82, 2.24) is 15.3 Å². The molecule has 0 fully saturated rings. The van der Waals surface area contributed by atoms with Gasteiger partial charge in [0.25, 0.3) is 0 Å². The quantitative estimate of drug-likeness (QED) is 0.655. The number of hydrogen-bond donors (Lipinski definition) is 3. The summed E-state index contributed by atoms with van der Waals surface area (Å²) in [6.45, 7) is 5.03. The van der Waals surface area contributed by atoms with Crippen molar-refractivity contribution in [2.24, 2.45) is 0 Å². The van der Waals surface area contributed by atoms with E-state index < -0.39 is 5.69 Å². The molecule has 0 radical (unpaired) electrons. The number of aliphatic hydroxyl groups excluding tert-OH is 1. The standard InChI is InChI=1S/C11H17N3O3/c1-6(5-15)12-10(16)4-9-7(2)13-11(17)14-8(9)3/h6,15H,4-5H2,1-3H3,(H,12,16)(H,13,14,17). The zero-order chi connectivity index (χ0) is 13.0. The highest BCUT2D eigenvalue weighted by atomic mass is 16.3. The number of carbonyl (C=O) groups excluding carboxylic acids is 1. The van der Waals surface area contributed by atoms with E-state index in [-0.39, 0.29) is 25.0 Å². The molecule has 1 heterocycles. The summed E-state index contributed by atoms with van der Waals surface area (Å²) in [4.78, 5) is 29.0. The van der Waals surface area contributed by atoms with Crippen LogP contribution in [0.4, 0.5) is 0 Å². The predicted octanol–water partition coefficient (Wildman–Crippen LogP) is -0.574. The van der Waals surface area contributed by atoms with Crippen LogP contribution < -0.4 is 11.0 Å². The van der Waals surface area contributed by atoms with Crippen LogP contribution in [-0.4, -0.2) is 33.6 Å². The second-order valence-electron chi connectivity index (χ2n) is 4.06. The van der Waals surface area contributed by atoms with E-state index in [0.717, 1.165) is 0 Å². The Kier molecular flexibility index (Phi) is 4.39. The van der Waals surface area contributed by atoms with Gasteiger partial charge < -0.3 is 15.4 Å². The van der Waals surface area contributed by atoms with Gasteiger partial charge in [-0.1, -0.05) is 0 Å². The summed E-state index contributed by atoms with van der Waals surface area (Å²) in [6, 6.07) is -0.279. The summed E-state index contributed by atoms with van der Waals surface area (Å²) in [5, 5.41) is 11.5. The molecule has 3 N–H and O–H groups in total. The monoisotopic (exact) mass is 239 g/mol. The Morgan fingerprint density at radius 3 is 2.71 bits per heavy atom. The first kappa shape index (κ1) is 13.4. The molecule has 94 valence electrons. The molecule has 0 saturated carbocycles. The molecule has 0 aliphatic carbocycles. The molecule has 0 bridgehead atoms. The van der Waals surface area contributed by atoms with Gasteiger partial charge in [0.1, 0.15) is 0 Å². The lowest BCUT2D eigenvalue weighted by Crippen LogP contribution is -2.36. The van der Waals surface area contributed by atoms with Crippen LogP contribution in [0, 0.1) is 13.8 Å². The second-order valence-corrected chi connectivity index (χ2v) is 4.06. The third-order valence-corrected chi connectivity index (χ3v) is 2.47. The number of rotatable bonds is 4. The smallest absolute Gasteiger partial charge is 0.345 e. The first-order chi connectivity index (χ1) is 7.93. The molecule has 0 spiro atoms. The van der Waals surface area contributed by atoms with Gasteiger partial charge in [-0.25, -0.2) is 4.79 Å². The van der Waals surface area contributed by atoms with Crippen LogP contribution in [0.5, 0.6) is 0 Å². The molecular formula is C11H17N3O3. The van der Waals surface area contributed by atoms with Gasteiger partial charge in [-0.05, 0) is 20.8 Å². The second kappa shape index (κ2) is 5.58. The molecule has 1 unspecified atom stereocenters. The molecular weight excluding hydrogens is 222 g/mol. The zero-order valence-corrected chi connectivity index (χ0v) is 10.2. The van der Waals surface area contributed by atoms with Crippen molar-refractivity contribution in [1.29, 1.82) is 0 Å². The Morgan fingerprint density at radius 2 is 2.18 bits per heavy atom. The van der Waals surface area contributed by atoms with E-state index >= 15 is 0 Å². The van der Waals surface area contributed by atoms with Gasteiger partial charge in [0.2, 0.25) is 5.91 Å². The molecule has 0 aliphatic heterocycles. The number of amides is 1. The largest absolute Gasteiger partial charge is 0.394 e. The minimum atomic E-state index is -0.409. The molecule has 0 aromatic carbocycles. The Bertz CT molecular complexity index is 441. The molecule has 1 aromatic heterocycles. The van der Waals surface area contributed by atoms with Crippen molar-refractivity contribution in [2.75, 3.05) is 6.61 Å². The van der Waals surface area contributed by atoms with Crippen LogP contribution >= 0.6 is 0 Å². The number of aromatic nitrogens is 2. The molecule has 17 heavy (non-hydrogen) atoms. The topological polar surface area (TPSA) is 95.1 Å². The zero-order valence-electron chi connectivity index (χ0n) is 10.2. The third kappa shape index (κ3) is 3.67. The van der Waals surface area contributed by atoms with E-state index in [9.17, 15) is 9.59 Å². The number of H-pyrrole nitrogens is 1. The van der Waals surface area contributed by atoms with Gasteiger partial charge in [0.15, 0.2) is 0 Å². The molecule has 0 saturated heterocycles. The molecule has 6 heteroatoms. The molecule has 1 atom stereocenters. The first-order valence-electron chi connectivity index (χ1n) is 5.40. The number of carbonyl (C=O) groups is 1. The van der Waals surface area contributed by atoms with Crippen molar-refractivity contribution in [2.45, 2.75) is 33.2 Å². The molecule has 1 amide bonds. The summed E-state index contributed by atoms with van der Waals surface area (Å²) in [5.74, 6) is -0.202. The predicted molar refractivity (Wildman–Crippen MR) is 62.7 cm³/mol. The Morgan fingerprint density at radius 1 is 1.53 bits per heavy atom. The van der Waals surface area contributed by atoms with Gasteiger partial charge in [-0.2, -0.15) is 4.98 Å². The van der Waals surface area contributed by atoms with Crippen LogP contribution in [0.3, 0.4) is 0 Å². The molecule has 1 rings (SSSR count). The number of hydrogen-bond acceptors (Lipinski definition) is 4. The molecule has 0 aliphatic rings. The first-order valence-corrected chi connectivity index (χ1v) is 5.40. The normalized spacial score (nSPS) is 12.2. The van der Waals surface area contributed by atoms with Gasteiger partial charge in [-0.3, -0.25) is 4.79 Å². The van der Waals surface area contributed by atoms with E-state index in [4.69, 9.17) is 5.11 Å². The third-order valence-electron chi connectivity index (χ3n) is 2.47. The highest BCUT2D eigenvalue weighted by Crippen LogP contribution is 2.07. The van der Waals surface area contributed by atoms with E-state index in [2.05, 4.69) is 15.3 Å². The number of nitrogens with zero attached hydrogens (tertiary/aromatic N) is 1. The summed E-state index contributed by atoms with van der Waals surface area (Å²) in [7, 11) is 0. The van der Waals surface area contributed by atoms with Gasteiger partial charge in [0, 0.05) is 23.0 Å². The lowest BCUT2D eigenvalue weighted by molar-refractivity contribution is -0.121. The number of nitrogens with one attached hydrogen (secondary N) is 2. The maximum atomic E-state index is 11.6. The van der Waals surface area contributed by atoms with Gasteiger partial charge in [-0.15, -0.1) is 0 Å². The van der Waals surface area contributed by atoms with Crippen molar-refractivity contribution in [3.05, 3.63) is 27.4 Å². The van der Waals surface area contributed by atoms with E-state index in [1.807, 2.05) is 0 Å².